The first-order chi connectivity index (χ1) is 8.04. The van der Waals surface area contributed by atoms with Crippen molar-refractivity contribution in [3.63, 3.8) is 0 Å². The molecule has 0 aromatic heterocycles. The molecule has 6 nitrogen and oxygen atoms in total. The molecule has 5 aliphatic heterocycles. The number of hydrogen-bond acceptors (Lipinski definition) is 4. The maximum atomic E-state index is 2.59. The Morgan fingerprint density at radius 2 is 1.18 bits per heavy atom. The second-order valence-corrected chi connectivity index (χ2v) is 6.30. The maximum Gasteiger partial charge on any atom is 0.214 e. The molecule has 0 aromatic carbocycles. The van der Waals surface area contributed by atoms with Gasteiger partial charge in [-0.1, -0.05) is 0 Å². The molecule has 5 fully saturated rings. The van der Waals surface area contributed by atoms with Crippen LogP contribution in [0.2, 0.25) is 0 Å². The van der Waals surface area contributed by atoms with Crippen molar-refractivity contribution in [2.45, 2.75) is 37.0 Å². The molecule has 6 unspecified atom stereocenters. The molecule has 0 saturated carbocycles. The highest BCUT2D eigenvalue weighted by atomic mass is 15.7. The van der Waals surface area contributed by atoms with Crippen molar-refractivity contribution in [1.29, 1.82) is 0 Å². The topological polar surface area (TPSA) is 34.0 Å². The van der Waals surface area contributed by atoms with Gasteiger partial charge in [0.1, 0.15) is 12.3 Å². The first kappa shape index (κ1) is 10.7. The zero-order chi connectivity index (χ0) is 12.1. The van der Waals surface area contributed by atoms with Crippen molar-refractivity contribution in [2.24, 2.45) is 0 Å². The highest BCUT2D eigenvalue weighted by Gasteiger charge is 2.71. The summed E-state index contributed by atoms with van der Waals surface area (Å²) in [4.78, 5) is 12.0. The van der Waals surface area contributed by atoms with E-state index in [0.29, 0.717) is 37.0 Å². The summed E-state index contributed by atoms with van der Waals surface area (Å²) in [6, 6.07) is 0. The first-order valence-electron chi connectivity index (χ1n) is 6.60. The van der Waals surface area contributed by atoms with Crippen LogP contribution < -0.4 is 10.2 Å². The van der Waals surface area contributed by atoms with Gasteiger partial charge < -0.3 is 5.32 Å². The molecule has 5 heterocycles. The van der Waals surface area contributed by atoms with Crippen LogP contribution in [-0.2, 0) is 0 Å². The van der Waals surface area contributed by atoms with Crippen molar-refractivity contribution in [1.82, 2.24) is 19.6 Å². The molecule has 0 spiro atoms. The normalized spacial score (nSPS) is 59.5. The summed E-state index contributed by atoms with van der Waals surface area (Å²) in [6.45, 7) is 0. The Morgan fingerprint density at radius 1 is 0.765 bits per heavy atom. The maximum absolute atomic E-state index is 2.59. The number of nitrogens with one attached hydrogen (secondary N) is 1. The Kier molecular flexibility index (Phi) is 1.89. The molecule has 5 saturated heterocycles. The minimum absolute atomic E-state index is 0.531. The molecule has 96 valence electrons. The number of piperazine rings is 1. The lowest BCUT2D eigenvalue weighted by atomic mass is 10.1. The van der Waals surface area contributed by atoms with Gasteiger partial charge in [0.05, 0.1) is 7.05 Å². The van der Waals surface area contributed by atoms with Crippen LogP contribution in [0.3, 0.4) is 0 Å². The predicted octanol–water partition coefficient (Wildman–Crippen LogP) is -4.20. The number of quaternary nitrogens is 2. The van der Waals surface area contributed by atoms with E-state index in [4.69, 9.17) is 0 Å². The van der Waals surface area contributed by atoms with Gasteiger partial charge in [-0.2, -0.15) is 0 Å². The van der Waals surface area contributed by atoms with Crippen LogP contribution >= 0.6 is 0 Å². The summed E-state index contributed by atoms with van der Waals surface area (Å²) in [5.41, 5.74) is 0. The summed E-state index contributed by atoms with van der Waals surface area (Å²) in [6.07, 6.45) is 3.56. The molecular formula is C11H24N6+2. The molecule has 5 rings (SSSR count). The van der Waals surface area contributed by atoms with E-state index in [9.17, 15) is 0 Å². The SMILES string of the molecule is CN1C2[NH2+]C3C4N(C)C(C1N(C)C2[NH+]4C)N3C. The number of likely N-dealkylation sites (N-methyl/N-ethyl adjacent to an activating group) is 5. The molecule has 0 amide bonds. The quantitative estimate of drug-likeness (QED) is 0.450. The van der Waals surface area contributed by atoms with Crippen LogP contribution in [0.15, 0.2) is 0 Å². The highest BCUT2D eigenvalue weighted by Crippen LogP contribution is 2.34. The molecule has 17 heavy (non-hydrogen) atoms. The van der Waals surface area contributed by atoms with Crippen LogP contribution in [0.5, 0.6) is 0 Å². The smallest absolute Gasteiger partial charge is 0.214 e. The van der Waals surface area contributed by atoms with Crippen LogP contribution in [0.4, 0.5) is 0 Å². The minimum Gasteiger partial charge on any atom is -0.303 e. The van der Waals surface area contributed by atoms with Crippen LogP contribution in [0, 0.1) is 0 Å². The van der Waals surface area contributed by atoms with E-state index in [1.54, 1.807) is 4.90 Å². The molecule has 5 aliphatic rings. The van der Waals surface area contributed by atoms with E-state index in [-0.39, 0.29) is 0 Å². The lowest BCUT2D eigenvalue weighted by Gasteiger charge is -2.41. The van der Waals surface area contributed by atoms with Crippen LogP contribution in [-0.4, -0.2) is 91.8 Å². The second-order valence-electron chi connectivity index (χ2n) is 6.30. The van der Waals surface area contributed by atoms with E-state index in [0.717, 1.165) is 0 Å². The lowest BCUT2D eigenvalue weighted by molar-refractivity contribution is -1.02. The Balaban J connectivity index is 1.91. The molecule has 6 heteroatoms. The fraction of sp³-hybridized carbons (Fsp3) is 1.00. The summed E-state index contributed by atoms with van der Waals surface area (Å²) >= 11 is 0. The third-order valence-electron chi connectivity index (χ3n) is 5.73. The fourth-order valence-corrected chi connectivity index (χ4v) is 5.07. The van der Waals surface area contributed by atoms with Gasteiger partial charge in [-0.25, -0.2) is 19.6 Å². The summed E-state index contributed by atoms with van der Waals surface area (Å²) in [7, 11) is 11.5. The average Bonchev–Trinajstić information content (AvgIpc) is 2.61. The van der Waals surface area contributed by atoms with Crippen molar-refractivity contribution >= 4 is 0 Å². The zero-order valence-corrected chi connectivity index (χ0v) is 11.3. The Labute approximate surface area is 103 Å². The van der Waals surface area contributed by atoms with Gasteiger partial charge in [-0.3, -0.25) is 4.90 Å². The molecule has 0 radical (unpaired) electrons. The Bertz CT molecular complexity index is 330. The first-order valence-corrected chi connectivity index (χ1v) is 6.60. The number of nitrogens with zero attached hydrogens (tertiary/aromatic N) is 4. The van der Waals surface area contributed by atoms with Gasteiger partial charge in [-0.05, 0) is 28.2 Å². The van der Waals surface area contributed by atoms with Gasteiger partial charge >= 0.3 is 0 Å². The van der Waals surface area contributed by atoms with Gasteiger partial charge in [0, 0.05) is 0 Å². The molecule has 6 bridgehead atoms. The summed E-state index contributed by atoms with van der Waals surface area (Å²) in [5, 5.41) is 2.59. The van der Waals surface area contributed by atoms with Crippen molar-refractivity contribution in [3.05, 3.63) is 0 Å². The lowest BCUT2D eigenvalue weighted by Crippen LogP contribution is -3.31. The van der Waals surface area contributed by atoms with E-state index >= 15 is 0 Å². The van der Waals surface area contributed by atoms with Crippen LogP contribution in [0.25, 0.3) is 0 Å². The standard InChI is InChI=1S/C11H22N6/c1-13-6-8-15(3)9-7(12-6)14(2)11(17(9)5)10(13)16(8)4/h6-12H,1-5H3/p+2. The monoisotopic (exact) mass is 240 g/mol. The van der Waals surface area contributed by atoms with Gasteiger partial charge in [-0.15, -0.1) is 0 Å². The number of hydrogen-bond donors (Lipinski definition) is 2. The third kappa shape index (κ3) is 0.960. The van der Waals surface area contributed by atoms with Crippen molar-refractivity contribution < 1.29 is 10.2 Å². The van der Waals surface area contributed by atoms with Gasteiger partial charge in [0.25, 0.3) is 0 Å². The van der Waals surface area contributed by atoms with Crippen molar-refractivity contribution in [2.75, 3.05) is 35.2 Å². The van der Waals surface area contributed by atoms with E-state index < -0.39 is 0 Å². The highest BCUT2D eigenvalue weighted by molar-refractivity contribution is 5.02. The van der Waals surface area contributed by atoms with Crippen LogP contribution in [0.1, 0.15) is 0 Å². The Hall–Kier alpha value is -0.240. The molecule has 6 atom stereocenters. The fourth-order valence-electron chi connectivity index (χ4n) is 5.07. The average molecular weight is 240 g/mol. The van der Waals surface area contributed by atoms with Gasteiger partial charge in [0.15, 0.2) is 0 Å². The third-order valence-corrected chi connectivity index (χ3v) is 5.73. The minimum atomic E-state index is 0.531. The van der Waals surface area contributed by atoms with E-state index in [1.165, 1.54) is 0 Å². The molecule has 0 aromatic rings. The summed E-state index contributed by atoms with van der Waals surface area (Å²) < 4.78 is 0. The Morgan fingerprint density at radius 3 is 1.59 bits per heavy atom. The molecular weight excluding hydrogens is 216 g/mol. The molecule has 0 aliphatic carbocycles. The van der Waals surface area contributed by atoms with E-state index in [2.05, 4.69) is 60.2 Å². The number of rotatable bonds is 0. The number of nitrogens with two attached hydrogens (primary N) is 1. The van der Waals surface area contributed by atoms with Crippen molar-refractivity contribution in [3.8, 4) is 0 Å². The second kappa shape index (κ2) is 3.01. The largest absolute Gasteiger partial charge is 0.303 e. The van der Waals surface area contributed by atoms with E-state index in [1.807, 2.05) is 0 Å². The summed E-state index contributed by atoms with van der Waals surface area (Å²) in [5.74, 6) is 0. The predicted molar refractivity (Wildman–Crippen MR) is 62.6 cm³/mol. The zero-order valence-electron chi connectivity index (χ0n) is 11.3. The van der Waals surface area contributed by atoms with Gasteiger partial charge in [0.2, 0.25) is 24.7 Å². The molecule has 3 N–H and O–H groups in total.